The summed E-state index contributed by atoms with van der Waals surface area (Å²) in [5.41, 5.74) is 1.76. The molecule has 0 aromatic carbocycles. The Hall–Kier alpha value is 0.440. The van der Waals surface area contributed by atoms with Crippen molar-refractivity contribution in [1.29, 1.82) is 0 Å². The first-order valence-corrected chi connectivity index (χ1v) is 12.1. The van der Waals surface area contributed by atoms with E-state index >= 15 is 0 Å². The molecule has 25 heavy (non-hydrogen) atoms. The second-order valence-corrected chi connectivity index (χ2v) is 11.7. The second-order valence-electron chi connectivity index (χ2n) is 11.1. The first kappa shape index (κ1) is 17.5. The molecule has 0 amide bonds. The summed E-state index contributed by atoms with van der Waals surface area (Å²) in [4.78, 5) is 0. The maximum Gasteiger partial charge on any atom is 0.0638 e. The number of methoxy groups -OCH3 is 1. The molecule has 10 atom stereocenters. The van der Waals surface area contributed by atoms with Gasteiger partial charge < -0.3 is 4.74 Å². The quantitative estimate of drug-likeness (QED) is 0.497. The van der Waals surface area contributed by atoms with Crippen LogP contribution in [0.3, 0.4) is 0 Å². The van der Waals surface area contributed by atoms with Crippen molar-refractivity contribution in [3.05, 3.63) is 0 Å². The average Bonchev–Trinajstić information content (AvgIpc) is 3.12. The van der Waals surface area contributed by atoms with Crippen LogP contribution >= 0.6 is 15.9 Å². The van der Waals surface area contributed by atoms with Crippen LogP contribution in [0.2, 0.25) is 0 Å². The van der Waals surface area contributed by atoms with Gasteiger partial charge in [-0.25, -0.2) is 0 Å². The lowest BCUT2D eigenvalue weighted by molar-refractivity contribution is -0.160. The monoisotopic (exact) mass is 408 g/mol. The molecule has 5 aliphatic rings. The summed E-state index contributed by atoms with van der Waals surface area (Å²) in [6, 6.07) is 0. The highest BCUT2D eigenvalue weighted by Gasteiger charge is 2.77. The van der Waals surface area contributed by atoms with Crippen molar-refractivity contribution in [3.63, 3.8) is 0 Å². The fourth-order valence-electron chi connectivity index (χ4n) is 9.66. The van der Waals surface area contributed by atoms with Crippen LogP contribution in [0.1, 0.15) is 72.1 Å². The Kier molecular flexibility index (Phi) is 3.85. The van der Waals surface area contributed by atoms with Gasteiger partial charge in [0.05, 0.1) is 6.10 Å². The van der Waals surface area contributed by atoms with Crippen LogP contribution in [0.25, 0.3) is 0 Å². The molecule has 0 radical (unpaired) electrons. The molecule has 0 aliphatic heterocycles. The summed E-state index contributed by atoms with van der Waals surface area (Å²) in [6.07, 6.45) is 12.4. The zero-order valence-corrected chi connectivity index (χ0v) is 18.3. The molecule has 0 aromatic heterocycles. The van der Waals surface area contributed by atoms with E-state index in [0.717, 1.165) is 35.5 Å². The van der Waals surface area contributed by atoms with Gasteiger partial charge in [0.2, 0.25) is 0 Å². The Morgan fingerprint density at radius 1 is 1.08 bits per heavy atom. The predicted molar refractivity (Wildman–Crippen MR) is 107 cm³/mol. The van der Waals surface area contributed by atoms with Crippen molar-refractivity contribution in [3.8, 4) is 0 Å². The largest absolute Gasteiger partial charge is 0.381 e. The number of hydrogen-bond donors (Lipinski definition) is 0. The molecule has 5 saturated carbocycles. The minimum atomic E-state index is 0.557. The highest BCUT2D eigenvalue weighted by atomic mass is 79.9. The van der Waals surface area contributed by atoms with E-state index < -0.39 is 0 Å². The van der Waals surface area contributed by atoms with Crippen LogP contribution in [0, 0.1) is 51.8 Å². The van der Waals surface area contributed by atoms with E-state index in [1.165, 1.54) is 56.7 Å². The molecular weight excluding hydrogens is 372 g/mol. The molecule has 2 heteroatoms. The zero-order valence-electron chi connectivity index (χ0n) is 16.7. The predicted octanol–water partition coefficient (Wildman–Crippen LogP) is 6.30. The third-order valence-corrected chi connectivity index (χ3v) is 11.9. The fourth-order valence-corrected chi connectivity index (χ4v) is 10.1. The Morgan fingerprint density at radius 3 is 2.56 bits per heavy atom. The topological polar surface area (TPSA) is 9.23 Å². The van der Waals surface area contributed by atoms with Crippen LogP contribution in [0.5, 0.6) is 0 Å². The molecule has 0 bridgehead atoms. The number of hydrogen-bond acceptors (Lipinski definition) is 1. The highest BCUT2D eigenvalue weighted by molar-refractivity contribution is 9.09. The molecule has 0 saturated heterocycles. The highest BCUT2D eigenvalue weighted by Crippen LogP contribution is 2.82. The van der Waals surface area contributed by atoms with Crippen molar-refractivity contribution in [2.75, 3.05) is 12.4 Å². The lowest BCUT2D eigenvalue weighted by Crippen LogP contribution is -2.57. The van der Waals surface area contributed by atoms with E-state index in [0.29, 0.717) is 22.3 Å². The van der Waals surface area contributed by atoms with E-state index in [9.17, 15) is 0 Å². The first-order chi connectivity index (χ1) is 11.9. The Bertz CT molecular complexity index is 562. The minimum absolute atomic E-state index is 0.557. The molecular formula is C23H37BrO. The van der Waals surface area contributed by atoms with E-state index in [4.69, 9.17) is 4.74 Å². The third kappa shape index (κ3) is 1.95. The Morgan fingerprint density at radius 2 is 1.88 bits per heavy atom. The van der Waals surface area contributed by atoms with Gasteiger partial charge in [0, 0.05) is 17.9 Å². The number of rotatable bonds is 3. The maximum absolute atomic E-state index is 6.23. The van der Waals surface area contributed by atoms with E-state index in [2.05, 4.69) is 36.7 Å². The lowest BCUT2D eigenvalue weighted by Gasteiger charge is -2.61. The fraction of sp³-hybridized carbons (Fsp3) is 1.00. The van der Waals surface area contributed by atoms with Gasteiger partial charge in [-0.15, -0.1) is 0 Å². The van der Waals surface area contributed by atoms with Gasteiger partial charge >= 0.3 is 0 Å². The minimum Gasteiger partial charge on any atom is -0.381 e. The average molecular weight is 409 g/mol. The van der Waals surface area contributed by atoms with Crippen molar-refractivity contribution < 1.29 is 4.74 Å². The Balaban J connectivity index is 1.49. The molecule has 0 heterocycles. The van der Waals surface area contributed by atoms with Crippen LogP contribution in [0.4, 0.5) is 0 Å². The van der Waals surface area contributed by atoms with E-state index in [-0.39, 0.29) is 0 Å². The summed E-state index contributed by atoms with van der Waals surface area (Å²) < 4.78 is 6.23. The third-order valence-electron chi connectivity index (χ3n) is 10.8. The van der Waals surface area contributed by atoms with Gasteiger partial charge in [0.1, 0.15) is 0 Å². The van der Waals surface area contributed by atoms with Crippen LogP contribution < -0.4 is 0 Å². The number of ether oxygens (including phenoxy) is 1. The number of alkyl halides is 1. The lowest BCUT2D eigenvalue weighted by atomic mass is 9.45. The first-order valence-electron chi connectivity index (χ1n) is 11.0. The summed E-state index contributed by atoms with van der Waals surface area (Å²) in [5.74, 6) is 5.65. The van der Waals surface area contributed by atoms with Crippen molar-refractivity contribution in [2.45, 2.75) is 78.2 Å². The van der Waals surface area contributed by atoms with Crippen LogP contribution in [-0.4, -0.2) is 18.5 Å². The zero-order chi connectivity index (χ0) is 17.6. The number of fused-ring (bicyclic) bond motifs is 4. The summed E-state index contributed by atoms with van der Waals surface area (Å²) >= 11 is 3.79. The maximum atomic E-state index is 6.23. The van der Waals surface area contributed by atoms with Gasteiger partial charge in [-0.3, -0.25) is 0 Å². The van der Waals surface area contributed by atoms with Gasteiger partial charge in [0.25, 0.3) is 0 Å². The standard InChI is InChI=1S/C23H37BrO/c1-14(13-24)17-5-6-18-16-11-20(25-4)23-12-15(23)7-10-22(23,3)19(16)8-9-21(17,18)2/h14-20H,5-13H2,1-4H3/t14-,15+,16+,17-,18+,19+,20-,21-,22-,23+/m1/s1. The smallest absolute Gasteiger partial charge is 0.0638 e. The van der Waals surface area contributed by atoms with Gasteiger partial charge in [-0.05, 0) is 97.7 Å². The van der Waals surface area contributed by atoms with Crippen LogP contribution in [-0.2, 0) is 4.74 Å². The molecule has 1 spiro atoms. The normalized spacial score (nSPS) is 60.4. The molecule has 0 N–H and O–H groups in total. The van der Waals surface area contributed by atoms with E-state index in [1.807, 2.05) is 7.11 Å². The van der Waals surface area contributed by atoms with Crippen molar-refractivity contribution >= 4 is 15.9 Å². The second kappa shape index (κ2) is 5.49. The van der Waals surface area contributed by atoms with Gasteiger partial charge in [-0.1, -0.05) is 36.7 Å². The summed E-state index contributed by atoms with van der Waals surface area (Å²) in [5, 5.41) is 1.18. The molecule has 0 aromatic rings. The van der Waals surface area contributed by atoms with Gasteiger partial charge in [0.15, 0.2) is 0 Å². The van der Waals surface area contributed by atoms with Crippen molar-refractivity contribution in [1.82, 2.24) is 0 Å². The molecule has 5 fully saturated rings. The summed E-state index contributed by atoms with van der Waals surface area (Å²) in [7, 11) is 2.01. The van der Waals surface area contributed by atoms with E-state index in [1.54, 1.807) is 0 Å². The Labute approximate surface area is 163 Å². The molecule has 0 unspecified atom stereocenters. The van der Waals surface area contributed by atoms with Crippen molar-refractivity contribution in [2.24, 2.45) is 51.8 Å². The molecule has 1 nitrogen and oxygen atoms in total. The van der Waals surface area contributed by atoms with Gasteiger partial charge in [-0.2, -0.15) is 0 Å². The molecule has 5 aliphatic carbocycles. The molecule has 5 rings (SSSR count). The van der Waals surface area contributed by atoms with Crippen LogP contribution in [0.15, 0.2) is 0 Å². The summed E-state index contributed by atoms with van der Waals surface area (Å²) in [6.45, 7) is 7.85. The SMILES string of the molecule is CO[C@@H]1C[C@H]2[C@@H]3CC[C@H]([C@H](C)CBr)[C@@]3(C)CC[C@@H]2[C@@]2(C)CC[C@H]3C[C@]312. The molecule has 142 valence electrons. The number of halogens is 1.